The average molecular weight is 491 g/mol. The van der Waals surface area contributed by atoms with Crippen molar-refractivity contribution in [3.8, 4) is 5.75 Å². The number of Topliss-reactive ketones (excluding diaryl/α,β-unsaturated/α-hetero) is 1. The number of likely N-dealkylation sites (tertiary alicyclic amines) is 1. The molecular formula is C26H26N4O6. The lowest BCUT2D eigenvalue weighted by molar-refractivity contribution is -0.384. The van der Waals surface area contributed by atoms with Gasteiger partial charge in [-0.05, 0) is 42.7 Å². The molecule has 0 spiro atoms. The van der Waals surface area contributed by atoms with Crippen LogP contribution < -0.4 is 4.74 Å². The Bertz CT molecular complexity index is 1280. The van der Waals surface area contributed by atoms with E-state index in [0.717, 1.165) is 6.42 Å². The van der Waals surface area contributed by atoms with Gasteiger partial charge in [-0.1, -0.05) is 19.1 Å². The Hall–Kier alpha value is -4.47. The number of nitro benzene ring substituents is 1. The first-order chi connectivity index (χ1) is 17.4. The van der Waals surface area contributed by atoms with Gasteiger partial charge in [0.05, 0.1) is 29.5 Å². The molecule has 10 heteroatoms. The molecule has 10 nitrogen and oxygen atoms in total. The minimum Gasteiger partial charge on any atom is -0.507 e. The highest BCUT2D eigenvalue weighted by Crippen LogP contribution is 2.40. The molecule has 1 aliphatic rings. The normalized spacial score (nSPS) is 16.9. The fourth-order valence-corrected chi connectivity index (χ4v) is 4.19. The summed E-state index contributed by atoms with van der Waals surface area (Å²) in [6.45, 7) is 3.30. The number of aliphatic hydroxyl groups excluding tert-OH is 1. The quantitative estimate of drug-likeness (QED) is 0.149. The fraction of sp³-hybridized carbons (Fsp3) is 0.269. The predicted octanol–water partition coefficient (Wildman–Crippen LogP) is 4.09. The van der Waals surface area contributed by atoms with E-state index in [0.29, 0.717) is 36.4 Å². The number of nitrogens with zero attached hydrogens (tertiary/aromatic N) is 4. The van der Waals surface area contributed by atoms with Crippen molar-refractivity contribution in [3.05, 3.63) is 94.1 Å². The zero-order valence-corrected chi connectivity index (χ0v) is 19.7. The summed E-state index contributed by atoms with van der Waals surface area (Å²) in [6.07, 6.45) is 6.45. The van der Waals surface area contributed by atoms with Crippen LogP contribution in [-0.2, 0) is 16.1 Å². The molecule has 4 rings (SSSR count). The number of nitro groups is 1. The minimum absolute atomic E-state index is 0.106. The van der Waals surface area contributed by atoms with Crippen LogP contribution in [0.2, 0.25) is 0 Å². The molecule has 1 aliphatic heterocycles. The van der Waals surface area contributed by atoms with Crippen molar-refractivity contribution in [2.75, 3.05) is 13.2 Å². The molecule has 0 saturated carbocycles. The molecule has 0 bridgehead atoms. The largest absolute Gasteiger partial charge is 0.507 e. The van der Waals surface area contributed by atoms with Crippen molar-refractivity contribution in [2.24, 2.45) is 0 Å². The minimum atomic E-state index is -0.969. The van der Waals surface area contributed by atoms with Crippen molar-refractivity contribution < 1.29 is 24.4 Å². The third-order valence-electron chi connectivity index (χ3n) is 5.91. The summed E-state index contributed by atoms with van der Waals surface area (Å²) < 4.78 is 7.42. The number of aliphatic hydroxyl groups is 1. The molecule has 0 aliphatic carbocycles. The summed E-state index contributed by atoms with van der Waals surface area (Å²) in [5.74, 6) is -1.33. The van der Waals surface area contributed by atoms with Crippen LogP contribution in [0.25, 0.3) is 5.76 Å². The Morgan fingerprint density at radius 1 is 1.17 bits per heavy atom. The van der Waals surface area contributed by atoms with E-state index in [9.17, 15) is 24.8 Å². The number of aromatic nitrogens is 2. The summed E-state index contributed by atoms with van der Waals surface area (Å²) >= 11 is 0. The van der Waals surface area contributed by atoms with Crippen molar-refractivity contribution in [1.82, 2.24) is 14.5 Å². The van der Waals surface area contributed by atoms with Crippen molar-refractivity contribution in [3.63, 3.8) is 0 Å². The first-order valence-corrected chi connectivity index (χ1v) is 11.6. The van der Waals surface area contributed by atoms with E-state index in [1.807, 2.05) is 11.5 Å². The third kappa shape index (κ3) is 5.12. The average Bonchev–Trinajstić information content (AvgIpc) is 3.50. The highest BCUT2D eigenvalue weighted by molar-refractivity contribution is 6.46. The number of benzene rings is 2. The smallest absolute Gasteiger partial charge is 0.295 e. The summed E-state index contributed by atoms with van der Waals surface area (Å²) in [7, 11) is 0. The number of ether oxygens (including phenoxy) is 1. The van der Waals surface area contributed by atoms with Crippen LogP contribution in [0.1, 0.15) is 36.9 Å². The second-order valence-corrected chi connectivity index (χ2v) is 8.37. The maximum absolute atomic E-state index is 13.2. The molecule has 1 saturated heterocycles. The van der Waals surface area contributed by atoms with Crippen LogP contribution in [0.3, 0.4) is 0 Å². The molecule has 2 heterocycles. The van der Waals surface area contributed by atoms with Gasteiger partial charge in [-0.15, -0.1) is 0 Å². The van der Waals surface area contributed by atoms with Gasteiger partial charge in [-0.2, -0.15) is 0 Å². The Labute approximate surface area is 207 Å². The van der Waals surface area contributed by atoms with Gasteiger partial charge >= 0.3 is 0 Å². The van der Waals surface area contributed by atoms with Gasteiger partial charge < -0.3 is 19.3 Å². The Kier molecular flexibility index (Phi) is 7.43. The van der Waals surface area contributed by atoms with Crippen molar-refractivity contribution in [1.29, 1.82) is 0 Å². The van der Waals surface area contributed by atoms with E-state index in [2.05, 4.69) is 4.98 Å². The zero-order valence-electron chi connectivity index (χ0n) is 19.7. The maximum Gasteiger partial charge on any atom is 0.295 e. The molecule has 186 valence electrons. The summed E-state index contributed by atoms with van der Waals surface area (Å²) in [5.41, 5.74) is 0.431. The van der Waals surface area contributed by atoms with Gasteiger partial charge in [0.15, 0.2) is 0 Å². The number of non-ortho nitro benzene ring substituents is 1. The zero-order chi connectivity index (χ0) is 25.7. The SMILES string of the molecule is CCCOc1ccc(C(O)=C2C(=O)C(=O)N(CCCn3ccnc3)[C@@H]2c2cccc([N+](=O)[O-])c2)cc1. The Morgan fingerprint density at radius 3 is 2.61 bits per heavy atom. The first-order valence-electron chi connectivity index (χ1n) is 11.6. The maximum atomic E-state index is 13.2. The third-order valence-corrected chi connectivity index (χ3v) is 5.91. The molecule has 1 amide bonds. The topological polar surface area (TPSA) is 128 Å². The van der Waals surface area contributed by atoms with Crippen molar-refractivity contribution >= 4 is 23.1 Å². The molecule has 1 atom stereocenters. The number of rotatable bonds is 10. The molecule has 0 unspecified atom stereocenters. The monoisotopic (exact) mass is 490 g/mol. The second-order valence-electron chi connectivity index (χ2n) is 8.37. The summed E-state index contributed by atoms with van der Waals surface area (Å²) in [5, 5.41) is 22.6. The van der Waals surface area contributed by atoms with E-state index in [1.54, 1.807) is 49.1 Å². The number of ketones is 1. The number of aryl methyl sites for hydroxylation is 1. The van der Waals surface area contributed by atoms with Gasteiger partial charge in [-0.3, -0.25) is 19.7 Å². The number of carbonyl (C=O) groups is 2. The van der Waals surface area contributed by atoms with E-state index >= 15 is 0 Å². The second kappa shape index (κ2) is 10.9. The standard InChI is InChI=1S/C26H26N4O6/c1-2-15-36-21-9-7-18(8-10-21)24(31)22-23(19-5-3-6-20(16-19)30(34)35)29(26(33)25(22)32)13-4-12-28-14-11-27-17-28/h3,5-11,14,16-17,23,31H,2,4,12-13,15H2,1H3/t23-/m1/s1. The molecule has 2 aromatic carbocycles. The molecule has 0 radical (unpaired) electrons. The molecular weight excluding hydrogens is 464 g/mol. The fourth-order valence-electron chi connectivity index (χ4n) is 4.19. The van der Waals surface area contributed by atoms with Crippen LogP contribution in [0, 0.1) is 10.1 Å². The number of amides is 1. The molecule has 1 fully saturated rings. The van der Waals surface area contributed by atoms with Gasteiger partial charge in [0.25, 0.3) is 17.4 Å². The number of hydrogen-bond donors (Lipinski definition) is 1. The highest BCUT2D eigenvalue weighted by atomic mass is 16.6. The summed E-state index contributed by atoms with van der Waals surface area (Å²) in [4.78, 5) is 42.4. The van der Waals surface area contributed by atoms with Crippen LogP contribution in [-0.4, -0.2) is 49.3 Å². The Morgan fingerprint density at radius 2 is 1.94 bits per heavy atom. The molecule has 3 aromatic rings. The number of carbonyl (C=O) groups excluding carboxylic acids is 2. The summed E-state index contributed by atoms with van der Waals surface area (Å²) in [6, 6.07) is 11.4. The van der Waals surface area contributed by atoms with E-state index < -0.39 is 22.7 Å². The van der Waals surface area contributed by atoms with E-state index in [-0.39, 0.29) is 23.6 Å². The van der Waals surface area contributed by atoms with Crippen molar-refractivity contribution in [2.45, 2.75) is 32.4 Å². The van der Waals surface area contributed by atoms with Crippen LogP contribution in [0.5, 0.6) is 5.75 Å². The van der Waals surface area contributed by atoms with Crippen LogP contribution >= 0.6 is 0 Å². The van der Waals surface area contributed by atoms with E-state index in [4.69, 9.17) is 4.74 Å². The predicted molar refractivity (Wildman–Crippen MR) is 131 cm³/mol. The molecule has 1 N–H and O–H groups in total. The molecule has 1 aromatic heterocycles. The van der Waals surface area contributed by atoms with E-state index in [1.165, 1.54) is 23.1 Å². The lowest BCUT2D eigenvalue weighted by Crippen LogP contribution is -2.31. The Balaban J connectivity index is 1.72. The van der Waals surface area contributed by atoms with Gasteiger partial charge in [0.1, 0.15) is 11.5 Å². The molecule has 36 heavy (non-hydrogen) atoms. The van der Waals surface area contributed by atoms with Gasteiger partial charge in [0, 0.05) is 43.2 Å². The number of imidazole rings is 1. The highest BCUT2D eigenvalue weighted by Gasteiger charge is 2.46. The van der Waals surface area contributed by atoms with Crippen LogP contribution in [0.4, 0.5) is 5.69 Å². The lowest BCUT2D eigenvalue weighted by Gasteiger charge is -2.25. The number of hydrogen-bond acceptors (Lipinski definition) is 7. The van der Waals surface area contributed by atoms with Crippen LogP contribution in [0.15, 0.2) is 72.8 Å². The first kappa shape index (κ1) is 24.6. The van der Waals surface area contributed by atoms with Gasteiger partial charge in [-0.25, -0.2) is 4.98 Å². The lowest BCUT2D eigenvalue weighted by atomic mass is 9.95. The van der Waals surface area contributed by atoms with Gasteiger partial charge in [0.2, 0.25) is 0 Å².